The Kier molecular flexibility index (Phi) is 6.81. The van der Waals surface area contributed by atoms with E-state index in [0.717, 1.165) is 64.0 Å². The van der Waals surface area contributed by atoms with Crippen LogP contribution in [0.15, 0.2) is 24.3 Å². The lowest BCUT2D eigenvalue weighted by molar-refractivity contribution is -0.148. The smallest absolute Gasteiger partial charge is 0.381 e. The average molecular weight is 480 g/mol. The van der Waals surface area contributed by atoms with Crippen LogP contribution in [0.3, 0.4) is 0 Å². The normalized spacial score (nSPS) is 27.7. The first-order valence-electron chi connectivity index (χ1n) is 12.9. The van der Waals surface area contributed by atoms with Crippen molar-refractivity contribution in [1.29, 1.82) is 0 Å². The van der Waals surface area contributed by atoms with Gasteiger partial charge in [0.1, 0.15) is 0 Å². The standard InChI is InChI=1S/C26H36F3N3O2/c27-26(28,29)21-2-1-3-22(17-21)31-10-12-32(13-11-31)24(33)25(8-9-30-18-25)23(16-19-4-5-19)20-6-14-34-15-7-20/h1-3,17,19-20,23,30H,4-16,18H2. The number of carbonyl (C=O) groups is 1. The molecule has 0 spiro atoms. The van der Waals surface area contributed by atoms with Crippen LogP contribution in [0, 0.1) is 23.2 Å². The van der Waals surface area contributed by atoms with E-state index in [2.05, 4.69) is 5.32 Å². The van der Waals surface area contributed by atoms with E-state index in [1.807, 2.05) is 9.80 Å². The van der Waals surface area contributed by atoms with Gasteiger partial charge in [0.15, 0.2) is 0 Å². The maximum Gasteiger partial charge on any atom is 0.416 e. The van der Waals surface area contributed by atoms with Crippen molar-refractivity contribution in [2.45, 2.75) is 44.7 Å². The van der Waals surface area contributed by atoms with Gasteiger partial charge in [-0.1, -0.05) is 18.9 Å². The Morgan fingerprint density at radius 1 is 1.12 bits per heavy atom. The number of amides is 1. The third-order valence-electron chi connectivity index (χ3n) is 8.55. The number of benzene rings is 1. The van der Waals surface area contributed by atoms with Gasteiger partial charge in [0.05, 0.1) is 11.0 Å². The monoisotopic (exact) mass is 479 g/mol. The van der Waals surface area contributed by atoms with E-state index in [9.17, 15) is 18.0 Å². The van der Waals surface area contributed by atoms with Gasteiger partial charge in [-0.15, -0.1) is 0 Å². The molecule has 1 N–H and O–H groups in total. The first kappa shape index (κ1) is 23.9. The number of ether oxygens (including phenoxy) is 1. The summed E-state index contributed by atoms with van der Waals surface area (Å²) in [5, 5.41) is 3.51. The van der Waals surface area contributed by atoms with Crippen LogP contribution < -0.4 is 10.2 Å². The molecule has 1 aliphatic carbocycles. The second kappa shape index (κ2) is 9.69. The van der Waals surface area contributed by atoms with Gasteiger partial charge in [-0.25, -0.2) is 0 Å². The molecule has 188 valence electrons. The van der Waals surface area contributed by atoms with Crippen LogP contribution in [0.5, 0.6) is 0 Å². The molecular weight excluding hydrogens is 443 g/mol. The second-order valence-electron chi connectivity index (χ2n) is 10.6. The van der Waals surface area contributed by atoms with Gasteiger partial charge in [0.2, 0.25) is 5.91 Å². The molecule has 4 fully saturated rings. The van der Waals surface area contributed by atoms with Crippen LogP contribution in [-0.2, 0) is 15.7 Å². The molecule has 4 aliphatic rings. The van der Waals surface area contributed by atoms with E-state index in [0.29, 0.717) is 43.7 Å². The lowest BCUT2D eigenvalue weighted by atomic mass is 9.63. The zero-order valence-electron chi connectivity index (χ0n) is 19.8. The molecule has 8 heteroatoms. The largest absolute Gasteiger partial charge is 0.416 e. The molecule has 1 aromatic rings. The van der Waals surface area contributed by atoms with Gasteiger partial charge in [-0.2, -0.15) is 13.2 Å². The first-order chi connectivity index (χ1) is 16.4. The van der Waals surface area contributed by atoms with E-state index >= 15 is 0 Å². The summed E-state index contributed by atoms with van der Waals surface area (Å²) in [4.78, 5) is 18.1. The van der Waals surface area contributed by atoms with Crippen LogP contribution in [-0.4, -0.2) is 63.3 Å². The van der Waals surface area contributed by atoms with Gasteiger partial charge in [0.25, 0.3) is 0 Å². The number of hydrogen-bond acceptors (Lipinski definition) is 4. The maximum atomic E-state index is 14.1. The van der Waals surface area contributed by atoms with E-state index in [4.69, 9.17) is 4.74 Å². The van der Waals surface area contributed by atoms with Crippen molar-refractivity contribution in [2.75, 3.05) is 57.4 Å². The highest BCUT2D eigenvalue weighted by Crippen LogP contribution is 2.50. The zero-order valence-corrected chi connectivity index (χ0v) is 19.8. The van der Waals surface area contributed by atoms with Crippen molar-refractivity contribution in [2.24, 2.45) is 23.2 Å². The van der Waals surface area contributed by atoms with Crippen LogP contribution in [0.25, 0.3) is 0 Å². The summed E-state index contributed by atoms with van der Waals surface area (Å²) in [5.74, 6) is 1.94. The average Bonchev–Trinajstić information content (AvgIpc) is 3.55. The number of alkyl halides is 3. The summed E-state index contributed by atoms with van der Waals surface area (Å²) >= 11 is 0. The van der Waals surface area contributed by atoms with Crippen molar-refractivity contribution in [3.8, 4) is 0 Å². The predicted molar refractivity (Wildman–Crippen MR) is 125 cm³/mol. The molecule has 1 saturated carbocycles. The summed E-state index contributed by atoms with van der Waals surface area (Å²) < 4.78 is 45.1. The van der Waals surface area contributed by atoms with Crippen LogP contribution in [0.2, 0.25) is 0 Å². The molecule has 0 aromatic heterocycles. The van der Waals surface area contributed by atoms with Crippen molar-refractivity contribution >= 4 is 11.6 Å². The number of rotatable bonds is 6. The van der Waals surface area contributed by atoms with Crippen LogP contribution >= 0.6 is 0 Å². The van der Waals surface area contributed by atoms with Crippen molar-refractivity contribution < 1.29 is 22.7 Å². The molecular formula is C26H36F3N3O2. The Hall–Kier alpha value is -1.80. The molecule has 2 unspecified atom stereocenters. The number of carbonyl (C=O) groups excluding carboxylic acids is 1. The number of nitrogens with zero attached hydrogens (tertiary/aromatic N) is 2. The van der Waals surface area contributed by atoms with Gasteiger partial charge in [-0.3, -0.25) is 4.79 Å². The summed E-state index contributed by atoms with van der Waals surface area (Å²) in [7, 11) is 0. The van der Waals surface area contributed by atoms with Crippen molar-refractivity contribution in [3.63, 3.8) is 0 Å². The van der Waals surface area contributed by atoms with Gasteiger partial charge in [0, 0.05) is 51.6 Å². The van der Waals surface area contributed by atoms with Crippen LogP contribution in [0.1, 0.15) is 44.1 Å². The molecule has 3 saturated heterocycles. The van der Waals surface area contributed by atoms with Crippen molar-refractivity contribution in [1.82, 2.24) is 10.2 Å². The fourth-order valence-corrected chi connectivity index (χ4v) is 6.43. The third-order valence-corrected chi connectivity index (χ3v) is 8.55. The van der Waals surface area contributed by atoms with Crippen LogP contribution in [0.4, 0.5) is 18.9 Å². The Balaban J connectivity index is 1.30. The number of hydrogen-bond donors (Lipinski definition) is 1. The Labute approximate surface area is 200 Å². The quantitative estimate of drug-likeness (QED) is 0.665. The molecule has 3 aliphatic heterocycles. The molecule has 0 bridgehead atoms. The molecule has 0 radical (unpaired) electrons. The lowest BCUT2D eigenvalue weighted by Gasteiger charge is -2.46. The first-order valence-corrected chi connectivity index (χ1v) is 12.9. The molecule has 5 rings (SSSR count). The van der Waals surface area contributed by atoms with E-state index in [1.54, 1.807) is 6.07 Å². The minimum absolute atomic E-state index is 0.262. The molecule has 5 nitrogen and oxygen atoms in total. The zero-order chi connectivity index (χ0) is 23.8. The Bertz CT molecular complexity index is 853. The molecule has 34 heavy (non-hydrogen) atoms. The summed E-state index contributed by atoms with van der Waals surface area (Å²) in [6, 6.07) is 5.52. The number of anilines is 1. The summed E-state index contributed by atoms with van der Waals surface area (Å²) in [6.07, 6.45) is 2.32. The predicted octanol–water partition coefficient (Wildman–Crippen LogP) is 4.18. The van der Waals surface area contributed by atoms with E-state index in [-0.39, 0.29) is 11.3 Å². The molecule has 1 amide bonds. The van der Waals surface area contributed by atoms with E-state index in [1.165, 1.54) is 25.0 Å². The van der Waals surface area contributed by atoms with Gasteiger partial charge >= 0.3 is 6.18 Å². The highest BCUT2D eigenvalue weighted by atomic mass is 19.4. The molecule has 1 aromatic carbocycles. The number of piperazine rings is 1. The van der Waals surface area contributed by atoms with Gasteiger partial charge in [-0.05, 0) is 68.2 Å². The Morgan fingerprint density at radius 2 is 1.85 bits per heavy atom. The third kappa shape index (κ3) is 4.94. The minimum Gasteiger partial charge on any atom is -0.381 e. The molecule has 2 atom stereocenters. The van der Waals surface area contributed by atoms with Crippen molar-refractivity contribution in [3.05, 3.63) is 29.8 Å². The number of nitrogens with one attached hydrogen (secondary N) is 1. The topological polar surface area (TPSA) is 44.8 Å². The fraction of sp³-hybridized carbons (Fsp3) is 0.731. The highest BCUT2D eigenvalue weighted by molar-refractivity contribution is 5.84. The Morgan fingerprint density at radius 3 is 2.47 bits per heavy atom. The SMILES string of the molecule is O=C(N1CCN(c2cccc(C(F)(F)F)c2)CC1)C1(C(CC2CC2)C2CCOCC2)CCNC1. The molecule has 3 heterocycles. The fourth-order valence-electron chi connectivity index (χ4n) is 6.43. The van der Waals surface area contributed by atoms with E-state index < -0.39 is 11.7 Å². The maximum absolute atomic E-state index is 14.1. The second-order valence-corrected chi connectivity index (χ2v) is 10.6. The summed E-state index contributed by atoms with van der Waals surface area (Å²) in [5.41, 5.74) is -0.407. The highest BCUT2D eigenvalue weighted by Gasteiger charge is 2.53. The van der Waals surface area contributed by atoms with Gasteiger partial charge < -0.3 is 19.9 Å². The lowest BCUT2D eigenvalue weighted by Crippen LogP contribution is -2.57. The number of halogens is 3. The summed E-state index contributed by atoms with van der Waals surface area (Å²) in [6.45, 7) is 5.43. The minimum atomic E-state index is -4.35.